The van der Waals surface area contributed by atoms with Gasteiger partial charge in [0.05, 0.1) is 5.69 Å². The van der Waals surface area contributed by atoms with Crippen LogP contribution in [0.3, 0.4) is 0 Å². The molecule has 1 aromatic carbocycles. The molecule has 1 aliphatic rings. The minimum atomic E-state index is -0.141. The van der Waals surface area contributed by atoms with Gasteiger partial charge >= 0.3 is 0 Å². The largest absolute Gasteiger partial charge is 0.369 e. The molecule has 88 valence electrons. The maximum Gasteiger partial charge on any atom is 0.147 e. The second kappa shape index (κ2) is 5.15. The standard InChI is InChI=1S/C12H16BrFN2/c1-15-10-4-6-16(7-5-10)12-3-2-9(13)8-11(12)14/h2-3,8,10,15H,4-7H2,1H3. The summed E-state index contributed by atoms with van der Waals surface area (Å²) in [7, 11) is 1.99. The predicted octanol–water partition coefficient (Wildman–Crippen LogP) is 2.78. The van der Waals surface area contributed by atoms with Gasteiger partial charge in [-0.1, -0.05) is 15.9 Å². The van der Waals surface area contributed by atoms with Crippen molar-refractivity contribution in [2.24, 2.45) is 0 Å². The molecule has 0 amide bonds. The minimum Gasteiger partial charge on any atom is -0.369 e. The van der Waals surface area contributed by atoms with E-state index in [0.29, 0.717) is 6.04 Å². The molecule has 4 heteroatoms. The van der Waals surface area contributed by atoms with E-state index in [1.807, 2.05) is 19.2 Å². The average molecular weight is 287 g/mol. The third kappa shape index (κ3) is 2.55. The fourth-order valence-electron chi connectivity index (χ4n) is 2.15. The molecule has 1 heterocycles. The van der Waals surface area contributed by atoms with Crippen LogP contribution in [0.1, 0.15) is 12.8 Å². The van der Waals surface area contributed by atoms with Crippen LogP contribution in [0.5, 0.6) is 0 Å². The van der Waals surface area contributed by atoms with Crippen LogP contribution in [0.4, 0.5) is 10.1 Å². The third-order valence-electron chi connectivity index (χ3n) is 3.15. The maximum atomic E-state index is 13.7. The summed E-state index contributed by atoms with van der Waals surface area (Å²) in [6.45, 7) is 1.84. The number of hydrogen-bond acceptors (Lipinski definition) is 2. The molecular weight excluding hydrogens is 271 g/mol. The molecule has 0 radical (unpaired) electrons. The fourth-order valence-corrected chi connectivity index (χ4v) is 2.48. The highest BCUT2D eigenvalue weighted by Gasteiger charge is 2.19. The zero-order chi connectivity index (χ0) is 11.5. The highest BCUT2D eigenvalue weighted by molar-refractivity contribution is 9.10. The second-order valence-corrected chi connectivity index (χ2v) is 5.06. The van der Waals surface area contributed by atoms with Gasteiger partial charge in [-0.05, 0) is 38.1 Å². The highest BCUT2D eigenvalue weighted by Crippen LogP contribution is 2.25. The average Bonchev–Trinajstić information content (AvgIpc) is 2.29. The van der Waals surface area contributed by atoms with Gasteiger partial charge in [-0.3, -0.25) is 0 Å². The SMILES string of the molecule is CNC1CCN(c2ccc(Br)cc2F)CC1. The topological polar surface area (TPSA) is 15.3 Å². The van der Waals surface area contributed by atoms with Crippen LogP contribution in [0.25, 0.3) is 0 Å². The smallest absolute Gasteiger partial charge is 0.147 e. The first kappa shape index (κ1) is 11.9. The number of nitrogens with zero attached hydrogens (tertiary/aromatic N) is 1. The summed E-state index contributed by atoms with van der Waals surface area (Å²) in [5, 5.41) is 3.27. The number of benzene rings is 1. The van der Waals surface area contributed by atoms with E-state index in [1.165, 1.54) is 6.07 Å². The quantitative estimate of drug-likeness (QED) is 0.899. The van der Waals surface area contributed by atoms with Crippen molar-refractivity contribution in [2.75, 3.05) is 25.0 Å². The lowest BCUT2D eigenvalue weighted by Gasteiger charge is -2.33. The highest BCUT2D eigenvalue weighted by atomic mass is 79.9. The van der Waals surface area contributed by atoms with E-state index in [-0.39, 0.29) is 5.82 Å². The summed E-state index contributed by atoms with van der Waals surface area (Å²) in [5.41, 5.74) is 0.720. The van der Waals surface area contributed by atoms with Gasteiger partial charge in [-0.15, -0.1) is 0 Å². The van der Waals surface area contributed by atoms with Crippen molar-refractivity contribution in [1.82, 2.24) is 5.32 Å². The summed E-state index contributed by atoms with van der Waals surface area (Å²) in [6, 6.07) is 5.84. The molecule has 0 aromatic heterocycles. The Hall–Kier alpha value is -0.610. The van der Waals surface area contributed by atoms with Crippen molar-refractivity contribution in [3.05, 3.63) is 28.5 Å². The van der Waals surface area contributed by atoms with Gasteiger partial charge in [-0.2, -0.15) is 0 Å². The van der Waals surface area contributed by atoms with Crippen LogP contribution in [0.2, 0.25) is 0 Å². The number of rotatable bonds is 2. The molecule has 2 nitrogen and oxygen atoms in total. The van der Waals surface area contributed by atoms with Gasteiger partial charge in [0.25, 0.3) is 0 Å². The lowest BCUT2D eigenvalue weighted by Crippen LogP contribution is -2.41. The van der Waals surface area contributed by atoms with E-state index in [0.717, 1.165) is 36.1 Å². The van der Waals surface area contributed by atoms with Gasteiger partial charge in [0.2, 0.25) is 0 Å². The molecule has 2 rings (SSSR count). The summed E-state index contributed by atoms with van der Waals surface area (Å²) >= 11 is 3.27. The fraction of sp³-hybridized carbons (Fsp3) is 0.500. The lowest BCUT2D eigenvalue weighted by atomic mass is 10.0. The Bertz CT molecular complexity index is 362. The van der Waals surface area contributed by atoms with E-state index in [4.69, 9.17) is 0 Å². The molecule has 0 atom stereocenters. The van der Waals surface area contributed by atoms with E-state index in [1.54, 1.807) is 0 Å². The van der Waals surface area contributed by atoms with Crippen molar-refractivity contribution >= 4 is 21.6 Å². The van der Waals surface area contributed by atoms with Crippen LogP contribution < -0.4 is 10.2 Å². The third-order valence-corrected chi connectivity index (χ3v) is 3.65. The molecule has 0 spiro atoms. The van der Waals surface area contributed by atoms with Crippen LogP contribution in [-0.4, -0.2) is 26.2 Å². The van der Waals surface area contributed by atoms with Gasteiger partial charge < -0.3 is 10.2 Å². The predicted molar refractivity (Wildman–Crippen MR) is 68.4 cm³/mol. The molecule has 1 aliphatic heterocycles. The first-order valence-corrected chi connectivity index (χ1v) is 6.37. The molecule has 0 aliphatic carbocycles. The van der Waals surface area contributed by atoms with Crippen molar-refractivity contribution in [2.45, 2.75) is 18.9 Å². The van der Waals surface area contributed by atoms with E-state index >= 15 is 0 Å². The van der Waals surface area contributed by atoms with Gasteiger partial charge in [0.15, 0.2) is 0 Å². The summed E-state index contributed by atoms with van der Waals surface area (Å²) in [6.07, 6.45) is 2.15. The Balaban J connectivity index is 2.08. The van der Waals surface area contributed by atoms with Crippen LogP contribution in [0, 0.1) is 5.82 Å². The normalized spacial score (nSPS) is 17.8. The second-order valence-electron chi connectivity index (χ2n) is 4.15. The molecule has 1 aromatic rings. The minimum absolute atomic E-state index is 0.141. The number of piperidine rings is 1. The Morgan fingerprint density at radius 3 is 2.62 bits per heavy atom. The number of hydrogen-bond donors (Lipinski definition) is 1. The maximum absolute atomic E-state index is 13.7. The van der Waals surface area contributed by atoms with Crippen LogP contribution in [0.15, 0.2) is 22.7 Å². The number of anilines is 1. The zero-order valence-corrected chi connectivity index (χ0v) is 10.9. The van der Waals surface area contributed by atoms with Gasteiger partial charge in [0.1, 0.15) is 5.82 Å². The molecular formula is C12H16BrFN2. The molecule has 1 N–H and O–H groups in total. The molecule has 0 bridgehead atoms. The van der Waals surface area contributed by atoms with E-state index in [2.05, 4.69) is 26.1 Å². The Labute approximate surface area is 104 Å². The lowest BCUT2D eigenvalue weighted by molar-refractivity contribution is 0.439. The summed E-state index contributed by atoms with van der Waals surface area (Å²) in [4.78, 5) is 2.12. The van der Waals surface area contributed by atoms with Crippen LogP contribution >= 0.6 is 15.9 Å². The Morgan fingerprint density at radius 2 is 2.06 bits per heavy atom. The van der Waals surface area contributed by atoms with Crippen molar-refractivity contribution in [1.29, 1.82) is 0 Å². The first-order valence-electron chi connectivity index (χ1n) is 5.58. The van der Waals surface area contributed by atoms with Crippen molar-refractivity contribution in [3.8, 4) is 0 Å². The van der Waals surface area contributed by atoms with Gasteiger partial charge in [-0.25, -0.2) is 4.39 Å². The Kier molecular flexibility index (Phi) is 3.82. The monoisotopic (exact) mass is 286 g/mol. The first-order chi connectivity index (χ1) is 7.70. The summed E-state index contributed by atoms with van der Waals surface area (Å²) in [5.74, 6) is -0.141. The van der Waals surface area contributed by atoms with E-state index < -0.39 is 0 Å². The van der Waals surface area contributed by atoms with Crippen molar-refractivity contribution in [3.63, 3.8) is 0 Å². The molecule has 16 heavy (non-hydrogen) atoms. The Morgan fingerprint density at radius 1 is 1.38 bits per heavy atom. The summed E-state index contributed by atoms with van der Waals surface area (Å²) < 4.78 is 14.5. The zero-order valence-electron chi connectivity index (χ0n) is 9.34. The van der Waals surface area contributed by atoms with Crippen molar-refractivity contribution < 1.29 is 4.39 Å². The van der Waals surface area contributed by atoms with Crippen LogP contribution in [-0.2, 0) is 0 Å². The van der Waals surface area contributed by atoms with E-state index in [9.17, 15) is 4.39 Å². The molecule has 1 fully saturated rings. The number of halogens is 2. The molecule has 1 saturated heterocycles. The molecule has 0 unspecified atom stereocenters. The van der Waals surface area contributed by atoms with Gasteiger partial charge in [0, 0.05) is 23.6 Å². The number of nitrogens with one attached hydrogen (secondary N) is 1. The molecule has 0 saturated carbocycles.